The standard InChI is InChI=1S/C19H21ClF2N4O/c20-14-4-6-15(7-5-14)26-12-10-25(11-13-26)9-8-23-19(27)24-18-16(21)2-1-3-17(18)22/h1-7H,8-13H2,(H2,23,24,27). The molecule has 5 nitrogen and oxygen atoms in total. The van der Waals surface area contributed by atoms with E-state index in [0.717, 1.165) is 49.0 Å². The summed E-state index contributed by atoms with van der Waals surface area (Å²) in [4.78, 5) is 16.3. The highest BCUT2D eigenvalue weighted by atomic mass is 35.5. The van der Waals surface area contributed by atoms with Crippen molar-refractivity contribution in [2.75, 3.05) is 49.5 Å². The molecule has 0 radical (unpaired) electrons. The number of urea groups is 1. The van der Waals surface area contributed by atoms with Crippen molar-refractivity contribution in [1.82, 2.24) is 10.2 Å². The smallest absolute Gasteiger partial charge is 0.319 e. The predicted octanol–water partition coefficient (Wildman–Crippen LogP) is 3.56. The lowest BCUT2D eigenvalue weighted by Crippen LogP contribution is -2.48. The maximum Gasteiger partial charge on any atom is 0.319 e. The molecule has 8 heteroatoms. The minimum Gasteiger partial charge on any atom is -0.369 e. The van der Waals surface area contributed by atoms with Crippen LogP contribution in [0.1, 0.15) is 0 Å². The molecule has 1 heterocycles. The summed E-state index contributed by atoms with van der Waals surface area (Å²) < 4.78 is 27.0. The van der Waals surface area contributed by atoms with Gasteiger partial charge in [-0.25, -0.2) is 13.6 Å². The van der Waals surface area contributed by atoms with E-state index in [2.05, 4.69) is 20.4 Å². The third kappa shape index (κ3) is 5.30. The summed E-state index contributed by atoms with van der Waals surface area (Å²) >= 11 is 5.92. The first-order valence-electron chi connectivity index (χ1n) is 8.74. The number of carbonyl (C=O) groups excluding carboxylic acids is 1. The van der Waals surface area contributed by atoms with Crippen molar-refractivity contribution in [3.8, 4) is 0 Å². The summed E-state index contributed by atoms with van der Waals surface area (Å²) in [6.07, 6.45) is 0. The van der Waals surface area contributed by atoms with Gasteiger partial charge < -0.3 is 15.5 Å². The fourth-order valence-corrected chi connectivity index (χ4v) is 3.11. The number of piperazine rings is 1. The molecule has 2 aromatic rings. The normalized spacial score (nSPS) is 14.9. The zero-order valence-corrected chi connectivity index (χ0v) is 15.5. The van der Waals surface area contributed by atoms with Crippen molar-refractivity contribution in [3.05, 3.63) is 59.1 Å². The molecule has 144 valence electrons. The third-order valence-electron chi connectivity index (χ3n) is 4.48. The van der Waals surface area contributed by atoms with Crippen LogP contribution < -0.4 is 15.5 Å². The van der Waals surface area contributed by atoms with Gasteiger partial charge in [-0.05, 0) is 36.4 Å². The van der Waals surface area contributed by atoms with Gasteiger partial charge in [0.15, 0.2) is 0 Å². The Labute approximate surface area is 161 Å². The van der Waals surface area contributed by atoms with Crippen LogP contribution in [0, 0.1) is 11.6 Å². The summed E-state index contributed by atoms with van der Waals surface area (Å²) in [6, 6.07) is 10.6. The fraction of sp³-hybridized carbons (Fsp3) is 0.316. The Hall–Kier alpha value is -2.38. The Morgan fingerprint density at radius 3 is 2.26 bits per heavy atom. The molecule has 0 aromatic heterocycles. The minimum atomic E-state index is -0.802. The number of halogens is 3. The molecule has 2 aromatic carbocycles. The second-order valence-electron chi connectivity index (χ2n) is 6.28. The monoisotopic (exact) mass is 394 g/mol. The van der Waals surface area contributed by atoms with Gasteiger partial charge in [0.2, 0.25) is 0 Å². The second kappa shape index (κ2) is 9.01. The zero-order valence-electron chi connectivity index (χ0n) is 14.7. The van der Waals surface area contributed by atoms with Crippen LogP contribution in [0.2, 0.25) is 5.02 Å². The van der Waals surface area contributed by atoms with Crippen molar-refractivity contribution >= 4 is 29.0 Å². The highest BCUT2D eigenvalue weighted by molar-refractivity contribution is 6.30. The topological polar surface area (TPSA) is 47.6 Å². The van der Waals surface area contributed by atoms with E-state index in [9.17, 15) is 13.6 Å². The number of rotatable bonds is 5. The highest BCUT2D eigenvalue weighted by Gasteiger charge is 2.17. The number of benzene rings is 2. The molecule has 2 amide bonds. The van der Waals surface area contributed by atoms with Gasteiger partial charge in [-0.3, -0.25) is 4.90 Å². The number of nitrogens with zero attached hydrogens (tertiary/aromatic N) is 2. The maximum absolute atomic E-state index is 13.5. The molecule has 0 spiro atoms. The molecule has 0 atom stereocenters. The molecule has 3 rings (SSSR count). The third-order valence-corrected chi connectivity index (χ3v) is 4.73. The molecule has 0 unspecified atom stereocenters. The number of hydrogen-bond acceptors (Lipinski definition) is 3. The summed E-state index contributed by atoms with van der Waals surface area (Å²) in [5.41, 5.74) is 0.704. The van der Waals surface area contributed by atoms with Crippen LogP contribution in [0.15, 0.2) is 42.5 Å². The van der Waals surface area contributed by atoms with Crippen LogP contribution in [0.4, 0.5) is 25.0 Å². The van der Waals surface area contributed by atoms with Crippen LogP contribution in [0.5, 0.6) is 0 Å². The van der Waals surface area contributed by atoms with Crippen LogP contribution in [0.3, 0.4) is 0 Å². The van der Waals surface area contributed by atoms with E-state index < -0.39 is 23.4 Å². The predicted molar refractivity (Wildman–Crippen MR) is 103 cm³/mol. The Kier molecular flexibility index (Phi) is 6.47. The fourth-order valence-electron chi connectivity index (χ4n) is 2.98. The number of hydrogen-bond donors (Lipinski definition) is 2. The molecular formula is C19H21ClF2N4O. The number of nitrogens with one attached hydrogen (secondary N) is 2. The molecule has 1 saturated heterocycles. The van der Waals surface area contributed by atoms with Crippen LogP contribution in [-0.2, 0) is 0 Å². The van der Waals surface area contributed by atoms with Crippen LogP contribution in [-0.4, -0.2) is 50.2 Å². The van der Waals surface area contributed by atoms with Crippen molar-refractivity contribution < 1.29 is 13.6 Å². The minimum absolute atomic E-state index is 0.392. The van der Waals surface area contributed by atoms with E-state index in [1.165, 1.54) is 6.07 Å². The van der Waals surface area contributed by atoms with Gasteiger partial charge in [0.25, 0.3) is 0 Å². The lowest BCUT2D eigenvalue weighted by atomic mass is 10.2. The molecule has 1 aliphatic rings. The van der Waals surface area contributed by atoms with Gasteiger partial charge in [-0.15, -0.1) is 0 Å². The van der Waals surface area contributed by atoms with E-state index in [-0.39, 0.29) is 0 Å². The van der Waals surface area contributed by atoms with E-state index in [0.29, 0.717) is 13.1 Å². The second-order valence-corrected chi connectivity index (χ2v) is 6.72. The number of anilines is 2. The molecule has 2 N–H and O–H groups in total. The Morgan fingerprint density at radius 1 is 1.00 bits per heavy atom. The lowest BCUT2D eigenvalue weighted by Gasteiger charge is -2.36. The average Bonchev–Trinajstić information content (AvgIpc) is 2.66. The molecule has 1 aliphatic heterocycles. The van der Waals surface area contributed by atoms with Crippen molar-refractivity contribution in [3.63, 3.8) is 0 Å². The zero-order chi connectivity index (χ0) is 19.2. The van der Waals surface area contributed by atoms with Gasteiger partial charge >= 0.3 is 6.03 Å². The summed E-state index contributed by atoms with van der Waals surface area (Å²) in [5.74, 6) is -1.60. The first kappa shape index (κ1) is 19.4. The molecule has 0 saturated carbocycles. The largest absolute Gasteiger partial charge is 0.369 e. The summed E-state index contributed by atoms with van der Waals surface area (Å²) in [6.45, 7) is 4.56. The van der Waals surface area contributed by atoms with Gasteiger partial charge in [0.05, 0.1) is 0 Å². The molecule has 27 heavy (non-hydrogen) atoms. The Balaban J connectivity index is 1.39. The van der Waals surface area contributed by atoms with Crippen molar-refractivity contribution in [1.29, 1.82) is 0 Å². The number of carbonyl (C=O) groups is 1. The molecule has 0 aliphatic carbocycles. The van der Waals surface area contributed by atoms with Gasteiger partial charge in [-0.2, -0.15) is 0 Å². The highest BCUT2D eigenvalue weighted by Crippen LogP contribution is 2.19. The van der Waals surface area contributed by atoms with E-state index in [1.807, 2.05) is 24.3 Å². The van der Waals surface area contributed by atoms with E-state index in [4.69, 9.17) is 11.6 Å². The van der Waals surface area contributed by atoms with Gasteiger partial charge in [-0.1, -0.05) is 17.7 Å². The maximum atomic E-state index is 13.5. The quantitative estimate of drug-likeness (QED) is 0.815. The summed E-state index contributed by atoms with van der Waals surface area (Å²) in [7, 11) is 0. The van der Waals surface area contributed by atoms with Gasteiger partial charge in [0.1, 0.15) is 17.3 Å². The van der Waals surface area contributed by atoms with Crippen molar-refractivity contribution in [2.24, 2.45) is 0 Å². The van der Waals surface area contributed by atoms with E-state index in [1.54, 1.807) is 0 Å². The van der Waals surface area contributed by atoms with Crippen molar-refractivity contribution in [2.45, 2.75) is 0 Å². The number of amides is 2. The Bertz CT molecular complexity index is 760. The summed E-state index contributed by atoms with van der Waals surface area (Å²) in [5, 5.41) is 5.56. The molecule has 1 fully saturated rings. The first-order valence-corrected chi connectivity index (χ1v) is 9.12. The molecule has 0 bridgehead atoms. The SMILES string of the molecule is O=C(NCCN1CCN(c2ccc(Cl)cc2)CC1)Nc1c(F)cccc1F. The first-order chi connectivity index (χ1) is 13.0. The van der Waals surface area contributed by atoms with Crippen LogP contribution in [0.25, 0.3) is 0 Å². The molecular weight excluding hydrogens is 374 g/mol. The Morgan fingerprint density at radius 2 is 1.63 bits per heavy atom. The van der Waals surface area contributed by atoms with Gasteiger partial charge in [0, 0.05) is 50.0 Å². The number of para-hydroxylation sites is 1. The lowest BCUT2D eigenvalue weighted by molar-refractivity contribution is 0.240. The van der Waals surface area contributed by atoms with E-state index >= 15 is 0 Å². The van der Waals surface area contributed by atoms with Crippen LogP contribution >= 0.6 is 11.6 Å². The average molecular weight is 395 g/mol.